The van der Waals surface area contributed by atoms with E-state index in [0.29, 0.717) is 15.5 Å². The number of amides is 1. The Balaban J connectivity index is 1.30. The highest BCUT2D eigenvalue weighted by atomic mass is 32.2. The van der Waals surface area contributed by atoms with E-state index < -0.39 is 27.8 Å². The first-order valence-corrected chi connectivity index (χ1v) is 14.8. The van der Waals surface area contributed by atoms with Gasteiger partial charge in [0.25, 0.3) is 15.9 Å². The van der Waals surface area contributed by atoms with E-state index in [-0.39, 0.29) is 45.2 Å². The van der Waals surface area contributed by atoms with Gasteiger partial charge in [0.2, 0.25) is 5.88 Å². The lowest BCUT2D eigenvalue weighted by molar-refractivity contribution is -0.142. The first-order chi connectivity index (χ1) is 22.0. The maximum atomic E-state index is 14.2. The Morgan fingerprint density at radius 1 is 0.891 bits per heavy atom. The lowest BCUT2D eigenvalue weighted by atomic mass is 10.0. The maximum absolute atomic E-state index is 14.2. The van der Waals surface area contributed by atoms with E-state index in [4.69, 9.17) is 9.47 Å². The minimum Gasteiger partial charge on any atom is -0.481 e. The van der Waals surface area contributed by atoms with Gasteiger partial charge in [0, 0.05) is 17.3 Å². The SMILES string of the molecule is COc1cc(NS(=O)(=O)c2ccc(NC(=O)c3cnn4c(C(F)(F)F)cc(-c5cccc6ccccc56)nc34)cc2)nc(OC)n1. The summed E-state index contributed by atoms with van der Waals surface area (Å²) in [6, 6.07) is 19.5. The molecule has 0 spiro atoms. The fraction of sp³-hybridized carbons (Fsp3) is 0.100. The quantitative estimate of drug-likeness (QED) is 0.220. The number of carbonyl (C=O) groups is 1. The predicted molar refractivity (Wildman–Crippen MR) is 161 cm³/mol. The van der Waals surface area contributed by atoms with Gasteiger partial charge in [-0.3, -0.25) is 9.52 Å². The number of carbonyl (C=O) groups excluding carboxylic acids is 1. The molecule has 46 heavy (non-hydrogen) atoms. The zero-order valence-electron chi connectivity index (χ0n) is 23.9. The summed E-state index contributed by atoms with van der Waals surface area (Å²) in [5, 5.41) is 7.86. The molecule has 0 atom stereocenters. The van der Waals surface area contributed by atoms with Crippen LogP contribution in [-0.4, -0.2) is 53.1 Å². The second-order valence-electron chi connectivity index (χ2n) is 9.71. The molecular weight excluding hydrogens is 627 g/mol. The number of aromatic nitrogens is 5. The number of alkyl halides is 3. The largest absolute Gasteiger partial charge is 0.481 e. The van der Waals surface area contributed by atoms with E-state index in [0.717, 1.165) is 17.6 Å². The third-order valence-corrected chi connectivity index (χ3v) is 8.18. The number of ether oxygens (including phenoxy) is 2. The van der Waals surface area contributed by atoms with Crippen molar-refractivity contribution in [3.63, 3.8) is 0 Å². The summed E-state index contributed by atoms with van der Waals surface area (Å²) in [5.74, 6) is -0.848. The molecule has 0 radical (unpaired) electrons. The van der Waals surface area contributed by atoms with Crippen LogP contribution in [0, 0.1) is 0 Å². The summed E-state index contributed by atoms with van der Waals surface area (Å²) in [5.41, 5.74) is -1.03. The van der Waals surface area contributed by atoms with Gasteiger partial charge in [-0.25, -0.2) is 17.9 Å². The van der Waals surface area contributed by atoms with Gasteiger partial charge < -0.3 is 14.8 Å². The number of methoxy groups -OCH3 is 2. The molecule has 6 aromatic rings. The zero-order valence-corrected chi connectivity index (χ0v) is 24.7. The van der Waals surface area contributed by atoms with Crippen LogP contribution < -0.4 is 19.5 Å². The third kappa shape index (κ3) is 5.84. The molecule has 0 aliphatic carbocycles. The number of sulfonamides is 1. The number of rotatable bonds is 8. The van der Waals surface area contributed by atoms with Gasteiger partial charge >= 0.3 is 12.2 Å². The molecule has 0 fully saturated rings. The molecular formula is C30H22F3N7O5S. The highest BCUT2D eigenvalue weighted by molar-refractivity contribution is 7.92. The number of halogens is 3. The van der Waals surface area contributed by atoms with E-state index in [9.17, 15) is 26.4 Å². The molecule has 12 nitrogen and oxygen atoms in total. The Labute approximate surface area is 258 Å². The highest BCUT2D eigenvalue weighted by Gasteiger charge is 2.36. The molecule has 3 aromatic heterocycles. The average Bonchev–Trinajstić information content (AvgIpc) is 3.47. The van der Waals surface area contributed by atoms with Crippen molar-refractivity contribution in [1.82, 2.24) is 24.6 Å². The summed E-state index contributed by atoms with van der Waals surface area (Å²) in [6.07, 6.45) is -3.81. The van der Waals surface area contributed by atoms with Gasteiger partial charge in [0.15, 0.2) is 17.2 Å². The molecule has 1 amide bonds. The van der Waals surface area contributed by atoms with Gasteiger partial charge in [0.1, 0.15) is 5.56 Å². The van der Waals surface area contributed by atoms with Crippen LogP contribution in [0.25, 0.3) is 27.7 Å². The molecule has 0 saturated heterocycles. The van der Waals surface area contributed by atoms with Crippen molar-refractivity contribution in [3.8, 4) is 23.1 Å². The third-order valence-electron chi connectivity index (χ3n) is 6.81. The Kier molecular flexibility index (Phi) is 7.65. The lowest BCUT2D eigenvalue weighted by Crippen LogP contribution is -2.16. The number of benzene rings is 3. The molecule has 0 saturated carbocycles. The Hall–Kier alpha value is -5.77. The van der Waals surface area contributed by atoms with Crippen molar-refractivity contribution < 1.29 is 35.9 Å². The van der Waals surface area contributed by atoms with Crippen LogP contribution in [-0.2, 0) is 16.2 Å². The summed E-state index contributed by atoms with van der Waals surface area (Å²) < 4.78 is 81.3. The van der Waals surface area contributed by atoms with E-state index in [2.05, 4.69) is 30.1 Å². The normalized spacial score (nSPS) is 11.8. The van der Waals surface area contributed by atoms with Gasteiger partial charge in [0.05, 0.1) is 31.0 Å². The number of hydrogen-bond acceptors (Lipinski definition) is 9. The molecule has 2 N–H and O–H groups in total. The zero-order chi connectivity index (χ0) is 32.6. The first-order valence-electron chi connectivity index (χ1n) is 13.3. The van der Waals surface area contributed by atoms with Gasteiger partial charge in [-0.2, -0.15) is 28.2 Å². The molecule has 0 unspecified atom stereocenters. The molecule has 234 valence electrons. The molecule has 6 rings (SSSR count). The molecule has 0 aliphatic rings. The van der Waals surface area contributed by atoms with Gasteiger partial charge in [-0.1, -0.05) is 42.5 Å². The Morgan fingerprint density at radius 2 is 1.63 bits per heavy atom. The minimum absolute atomic E-state index is 0.00663. The molecule has 0 aliphatic heterocycles. The fourth-order valence-corrected chi connectivity index (χ4v) is 5.67. The minimum atomic E-state index is -4.81. The van der Waals surface area contributed by atoms with Crippen molar-refractivity contribution in [3.05, 3.63) is 96.3 Å². The smallest absolute Gasteiger partial charge is 0.433 e. The van der Waals surface area contributed by atoms with Crippen molar-refractivity contribution >= 4 is 43.9 Å². The van der Waals surface area contributed by atoms with Crippen molar-refractivity contribution in [1.29, 1.82) is 0 Å². The molecule has 16 heteroatoms. The number of anilines is 2. The predicted octanol–water partition coefficient (Wildman–Crippen LogP) is 5.43. The standard InChI is InChI=1S/C30H22F3N7O5S/c1-44-26-15-25(37-29(38-26)45-2)39-46(42,43)19-12-10-18(11-13-19)35-28(41)22-16-34-40-24(30(31,32)33)14-23(36-27(22)40)21-9-5-7-17-6-3-4-8-20(17)21/h3-16H,1-2H3,(H,35,41)(H,37,38,39). The van der Waals surface area contributed by atoms with E-state index in [1.807, 2.05) is 18.2 Å². The highest BCUT2D eigenvalue weighted by Crippen LogP contribution is 2.35. The van der Waals surface area contributed by atoms with Crippen LogP contribution in [0.3, 0.4) is 0 Å². The van der Waals surface area contributed by atoms with Crippen LogP contribution in [0.1, 0.15) is 16.1 Å². The van der Waals surface area contributed by atoms with Crippen molar-refractivity contribution in [2.75, 3.05) is 24.3 Å². The average molecular weight is 650 g/mol. The molecule has 0 bridgehead atoms. The second kappa shape index (κ2) is 11.6. The lowest BCUT2D eigenvalue weighted by Gasteiger charge is -2.13. The summed E-state index contributed by atoms with van der Waals surface area (Å²) >= 11 is 0. The first kappa shape index (κ1) is 30.3. The summed E-state index contributed by atoms with van der Waals surface area (Å²) in [6.45, 7) is 0. The summed E-state index contributed by atoms with van der Waals surface area (Å²) in [7, 11) is -1.49. The van der Waals surface area contributed by atoms with Crippen molar-refractivity contribution in [2.45, 2.75) is 11.1 Å². The van der Waals surface area contributed by atoms with E-state index in [1.54, 1.807) is 24.3 Å². The Morgan fingerprint density at radius 3 is 2.35 bits per heavy atom. The monoisotopic (exact) mass is 649 g/mol. The van der Waals surface area contributed by atoms with Crippen LogP contribution in [0.2, 0.25) is 0 Å². The van der Waals surface area contributed by atoms with E-state index in [1.165, 1.54) is 44.6 Å². The fourth-order valence-electron chi connectivity index (χ4n) is 4.68. The van der Waals surface area contributed by atoms with Crippen LogP contribution >= 0.6 is 0 Å². The molecule has 3 aromatic carbocycles. The number of hydrogen-bond donors (Lipinski definition) is 2. The van der Waals surface area contributed by atoms with Crippen LogP contribution in [0.15, 0.2) is 90.0 Å². The maximum Gasteiger partial charge on any atom is 0.433 e. The topological polar surface area (TPSA) is 150 Å². The number of nitrogens with one attached hydrogen (secondary N) is 2. The second-order valence-corrected chi connectivity index (χ2v) is 11.4. The van der Waals surface area contributed by atoms with Crippen molar-refractivity contribution in [2.24, 2.45) is 0 Å². The molecule has 3 heterocycles. The summed E-state index contributed by atoms with van der Waals surface area (Å²) in [4.78, 5) is 25.4. The Bertz CT molecular complexity index is 2200. The van der Waals surface area contributed by atoms with Gasteiger partial charge in [-0.15, -0.1) is 0 Å². The van der Waals surface area contributed by atoms with Crippen LogP contribution in [0.4, 0.5) is 24.7 Å². The van der Waals surface area contributed by atoms with Gasteiger partial charge in [-0.05, 0) is 41.1 Å². The number of fused-ring (bicyclic) bond motifs is 2. The van der Waals surface area contributed by atoms with Crippen LogP contribution in [0.5, 0.6) is 11.9 Å². The number of nitrogens with zero attached hydrogens (tertiary/aromatic N) is 5. The van der Waals surface area contributed by atoms with E-state index >= 15 is 0 Å².